The monoisotopic (exact) mass is 267 g/mol. The summed E-state index contributed by atoms with van der Waals surface area (Å²) < 4.78 is 0. The highest BCUT2D eigenvalue weighted by atomic mass is 16.2. The maximum atomic E-state index is 12.8. The first-order valence-electron chi connectivity index (χ1n) is 7.19. The molecule has 5 nitrogen and oxygen atoms in total. The molecular weight excluding hydrogens is 242 g/mol. The van der Waals surface area contributed by atoms with Crippen LogP contribution in [0.15, 0.2) is 0 Å². The number of rotatable bonds is 1. The van der Waals surface area contributed by atoms with E-state index in [0.717, 1.165) is 19.3 Å². The first-order chi connectivity index (χ1) is 8.84. The Bertz CT molecular complexity index is 381. The molecule has 19 heavy (non-hydrogen) atoms. The van der Waals surface area contributed by atoms with Crippen molar-refractivity contribution in [3.8, 4) is 0 Å². The van der Waals surface area contributed by atoms with Crippen molar-refractivity contribution < 1.29 is 9.59 Å². The van der Waals surface area contributed by atoms with Gasteiger partial charge >= 0.3 is 0 Å². The maximum Gasteiger partial charge on any atom is 0.245 e. The normalized spacial score (nSPS) is 34.8. The lowest BCUT2D eigenvalue weighted by atomic mass is 9.76. The molecule has 3 unspecified atom stereocenters. The average molecular weight is 267 g/mol. The Kier molecular flexibility index (Phi) is 3.85. The zero-order chi connectivity index (χ0) is 14.2. The molecule has 3 atom stereocenters. The third-order valence-electron chi connectivity index (χ3n) is 4.67. The first-order valence-corrected chi connectivity index (χ1v) is 7.19. The van der Waals surface area contributed by atoms with E-state index in [9.17, 15) is 9.59 Å². The first kappa shape index (κ1) is 14.3. The maximum absolute atomic E-state index is 12.8. The van der Waals surface area contributed by atoms with Crippen molar-refractivity contribution >= 4 is 11.8 Å². The largest absolute Gasteiger partial charge is 0.352 e. The van der Waals surface area contributed by atoms with Gasteiger partial charge < -0.3 is 16.0 Å². The lowest BCUT2D eigenvalue weighted by Gasteiger charge is -2.44. The minimum atomic E-state index is -0.753. The van der Waals surface area contributed by atoms with Gasteiger partial charge in [0.2, 0.25) is 11.8 Å². The summed E-state index contributed by atoms with van der Waals surface area (Å²) in [6.07, 6.45) is 2.74. The number of amides is 2. The van der Waals surface area contributed by atoms with Gasteiger partial charge in [-0.25, -0.2) is 0 Å². The molecule has 1 aliphatic carbocycles. The van der Waals surface area contributed by atoms with E-state index in [2.05, 4.69) is 12.2 Å². The van der Waals surface area contributed by atoms with Crippen molar-refractivity contribution in [1.82, 2.24) is 10.2 Å². The standard InChI is InChI=1S/C14H25N3O2/c1-9-4-5-10(15)8-11(9)12(18)17-7-6-16-13(19)14(17,2)3/h9-11H,4-8,15H2,1-3H3,(H,16,19). The fourth-order valence-corrected chi connectivity index (χ4v) is 3.18. The molecule has 5 heteroatoms. The van der Waals surface area contributed by atoms with Gasteiger partial charge in [0, 0.05) is 25.0 Å². The highest BCUT2D eigenvalue weighted by molar-refractivity contribution is 5.92. The van der Waals surface area contributed by atoms with Gasteiger partial charge in [0.1, 0.15) is 5.54 Å². The van der Waals surface area contributed by atoms with E-state index in [1.165, 1.54) is 0 Å². The molecule has 0 aromatic rings. The van der Waals surface area contributed by atoms with Crippen molar-refractivity contribution in [3.05, 3.63) is 0 Å². The molecule has 0 aromatic heterocycles. The SMILES string of the molecule is CC1CCC(N)CC1C(=O)N1CCNC(=O)C1(C)C. The Morgan fingerprint density at radius 3 is 2.79 bits per heavy atom. The van der Waals surface area contributed by atoms with Gasteiger partial charge in [0.05, 0.1) is 0 Å². The molecule has 108 valence electrons. The zero-order valence-corrected chi connectivity index (χ0v) is 12.1. The minimum absolute atomic E-state index is 0.0334. The van der Waals surface area contributed by atoms with Crippen LogP contribution in [0.25, 0.3) is 0 Å². The molecule has 2 amide bonds. The second kappa shape index (κ2) is 5.12. The quantitative estimate of drug-likeness (QED) is 0.726. The molecule has 1 saturated carbocycles. The molecule has 2 aliphatic rings. The van der Waals surface area contributed by atoms with Crippen LogP contribution in [0.3, 0.4) is 0 Å². The highest BCUT2D eigenvalue weighted by Crippen LogP contribution is 2.32. The smallest absolute Gasteiger partial charge is 0.245 e. The van der Waals surface area contributed by atoms with Crippen molar-refractivity contribution in [1.29, 1.82) is 0 Å². The topological polar surface area (TPSA) is 75.4 Å². The summed E-state index contributed by atoms with van der Waals surface area (Å²) in [7, 11) is 0. The van der Waals surface area contributed by atoms with Gasteiger partial charge in [-0.3, -0.25) is 9.59 Å². The van der Waals surface area contributed by atoms with Crippen LogP contribution in [0.1, 0.15) is 40.0 Å². The number of nitrogens with zero attached hydrogens (tertiary/aromatic N) is 1. The van der Waals surface area contributed by atoms with Crippen molar-refractivity contribution in [2.45, 2.75) is 51.6 Å². The number of carbonyl (C=O) groups is 2. The van der Waals surface area contributed by atoms with Crippen LogP contribution < -0.4 is 11.1 Å². The fourth-order valence-electron chi connectivity index (χ4n) is 3.18. The Morgan fingerprint density at radius 1 is 1.42 bits per heavy atom. The Balaban J connectivity index is 2.16. The molecule has 0 radical (unpaired) electrons. The van der Waals surface area contributed by atoms with Crippen LogP contribution in [0.5, 0.6) is 0 Å². The average Bonchev–Trinajstić information content (AvgIpc) is 2.35. The molecule has 3 N–H and O–H groups in total. The molecule has 2 fully saturated rings. The van der Waals surface area contributed by atoms with E-state index >= 15 is 0 Å². The van der Waals surface area contributed by atoms with Gasteiger partial charge in [-0.05, 0) is 39.0 Å². The number of carbonyl (C=O) groups excluding carboxylic acids is 2. The number of nitrogens with two attached hydrogens (primary N) is 1. The highest BCUT2D eigenvalue weighted by Gasteiger charge is 2.44. The van der Waals surface area contributed by atoms with Crippen LogP contribution >= 0.6 is 0 Å². The van der Waals surface area contributed by atoms with Gasteiger partial charge in [0.15, 0.2) is 0 Å². The second-order valence-corrected chi connectivity index (χ2v) is 6.46. The third-order valence-corrected chi connectivity index (χ3v) is 4.67. The van der Waals surface area contributed by atoms with E-state index < -0.39 is 5.54 Å². The molecule has 1 aliphatic heterocycles. The number of piperazine rings is 1. The van der Waals surface area contributed by atoms with Crippen molar-refractivity contribution in [2.24, 2.45) is 17.6 Å². The van der Waals surface area contributed by atoms with Crippen molar-refractivity contribution in [3.63, 3.8) is 0 Å². The van der Waals surface area contributed by atoms with E-state index in [4.69, 9.17) is 5.73 Å². The Morgan fingerprint density at radius 2 is 2.11 bits per heavy atom. The molecule has 0 bridgehead atoms. The number of hydrogen-bond acceptors (Lipinski definition) is 3. The summed E-state index contributed by atoms with van der Waals surface area (Å²) in [5.74, 6) is 0.351. The lowest BCUT2D eigenvalue weighted by molar-refractivity contribution is -0.154. The van der Waals surface area contributed by atoms with Gasteiger partial charge in [-0.2, -0.15) is 0 Å². The molecular formula is C14H25N3O2. The number of nitrogens with one attached hydrogen (secondary N) is 1. The van der Waals surface area contributed by atoms with Crippen LogP contribution in [0, 0.1) is 11.8 Å². The van der Waals surface area contributed by atoms with Crippen molar-refractivity contribution in [2.75, 3.05) is 13.1 Å². The zero-order valence-electron chi connectivity index (χ0n) is 12.1. The summed E-state index contributed by atoms with van der Waals surface area (Å²) in [6.45, 7) is 6.88. The summed E-state index contributed by atoms with van der Waals surface area (Å²) in [4.78, 5) is 26.4. The van der Waals surface area contributed by atoms with Crippen LogP contribution in [-0.2, 0) is 9.59 Å². The summed E-state index contributed by atoms with van der Waals surface area (Å²) in [5, 5.41) is 2.82. The van der Waals surface area contributed by atoms with Gasteiger partial charge in [0.25, 0.3) is 0 Å². The van der Waals surface area contributed by atoms with E-state index in [1.54, 1.807) is 4.90 Å². The summed E-state index contributed by atoms with van der Waals surface area (Å²) in [6, 6.07) is 0.117. The summed E-state index contributed by atoms with van der Waals surface area (Å²) >= 11 is 0. The molecule has 0 spiro atoms. The predicted molar refractivity (Wildman–Crippen MR) is 73.3 cm³/mol. The number of hydrogen-bond donors (Lipinski definition) is 2. The second-order valence-electron chi connectivity index (χ2n) is 6.46. The summed E-state index contributed by atoms with van der Waals surface area (Å²) in [5.41, 5.74) is 5.25. The third kappa shape index (κ3) is 2.61. The Labute approximate surface area is 114 Å². The Hall–Kier alpha value is -1.10. The van der Waals surface area contributed by atoms with Gasteiger partial charge in [-0.1, -0.05) is 6.92 Å². The van der Waals surface area contributed by atoms with Crippen LogP contribution in [0.4, 0.5) is 0 Å². The minimum Gasteiger partial charge on any atom is -0.352 e. The molecule has 1 saturated heterocycles. The van der Waals surface area contributed by atoms with E-state index in [0.29, 0.717) is 19.0 Å². The van der Waals surface area contributed by atoms with E-state index in [1.807, 2.05) is 13.8 Å². The van der Waals surface area contributed by atoms with Crippen LogP contribution in [-0.4, -0.2) is 41.4 Å². The lowest BCUT2D eigenvalue weighted by Crippen LogP contribution is -2.65. The molecule has 2 rings (SSSR count). The molecule has 0 aromatic carbocycles. The van der Waals surface area contributed by atoms with Crippen LogP contribution in [0.2, 0.25) is 0 Å². The van der Waals surface area contributed by atoms with E-state index in [-0.39, 0.29) is 23.8 Å². The predicted octanol–water partition coefficient (Wildman–Crippen LogP) is 0.487. The fraction of sp³-hybridized carbons (Fsp3) is 0.857. The van der Waals surface area contributed by atoms with Gasteiger partial charge in [-0.15, -0.1) is 0 Å². The molecule has 1 heterocycles.